The molecule has 1 amide bonds. The number of aromatic nitrogens is 2. The summed E-state index contributed by atoms with van der Waals surface area (Å²) in [6.07, 6.45) is 0. The van der Waals surface area contributed by atoms with Crippen LogP contribution in [0.4, 0.5) is 5.69 Å². The van der Waals surface area contributed by atoms with Gasteiger partial charge in [-0.25, -0.2) is 13.1 Å². The Morgan fingerprint density at radius 3 is 2.48 bits per heavy atom. The lowest BCUT2D eigenvalue weighted by Gasteiger charge is -2.11. The zero-order valence-corrected chi connectivity index (χ0v) is 16.9. The maximum Gasteiger partial charge on any atom is 0.241 e. The highest BCUT2D eigenvalue weighted by Crippen LogP contribution is 2.23. The summed E-state index contributed by atoms with van der Waals surface area (Å²) in [5.41, 5.74) is 1.55. The highest BCUT2D eigenvalue weighted by atomic mass is 32.2. The van der Waals surface area contributed by atoms with Gasteiger partial charge in [-0.2, -0.15) is 4.98 Å². The van der Waals surface area contributed by atoms with Crippen molar-refractivity contribution < 1.29 is 22.5 Å². The molecule has 3 aromatic rings. The molecule has 0 bridgehead atoms. The van der Waals surface area contributed by atoms with Crippen molar-refractivity contribution in [2.75, 3.05) is 19.0 Å². The number of methoxy groups -OCH3 is 1. The van der Waals surface area contributed by atoms with Crippen LogP contribution in [0.5, 0.6) is 5.75 Å². The molecular weight excluding hydrogens is 396 g/mol. The van der Waals surface area contributed by atoms with E-state index in [1.807, 2.05) is 0 Å². The van der Waals surface area contributed by atoms with Crippen LogP contribution in [0.15, 0.2) is 51.9 Å². The minimum Gasteiger partial charge on any atom is -0.497 e. The van der Waals surface area contributed by atoms with Gasteiger partial charge in [0.25, 0.3) is 0 Å². The van der Waals surface area contributed by atoms with Crippen LogP contribution in [0.3, 0.4) is 0 Å². The molecule has 3 rings (SSSR count). The summed E-state index contributed by atoms with van der Waals surface area (Å²) in [7, 11) is -2.39. The van der Waals surface area contributed by atoms with Crippen molar-refractivity contribution in [3.05, 3.63) is 53.9 Å². The van der Waals surface area contributed by atoms with E-state index in [1.54, 1.807) is 57.4 Å². The van der Waals surface area contributed by atoms with Crippen LogP contribution in [-0.2, 0) is 14.8 Å². The quantitative estimate of drug-likeness (QED) is 0.605. The number of sulfonamides is 1. The third-order valence-corrected chi connectivity index (χ3v) is 5.60. The van der Waals surface area contributed by atoms with Crippen LogP contribution in [0.2, 0.25) is 0 Å². The third kappa shape index (κ3) is 4.98. The number of benzene rings is 2. The van der Waals surface area contributed by atoms with Crippen molar-refractivity contribution in [3.8, 4) is 17.1 Å². The van der Waals surface area contributed by atoms with E-state index in [-0.39, 0.29) is 10.7 Å². The molecule has 0 aliphatic carbocycles. The Balaban J connectivity index is 1.71. The van der Waals surface area contributed by atoms with Crippen molar-refractivity contribution in [1.82, 2.24) is 14.9 Å². The molecule has 0 aliphatic heterocycles. The van der Waals surface area contributed by atoms with Crippen LogP contribution < -0.4 is 14.8 Å². The van der Waals surface area contributed by atoms with E-state index in [2.05, 4.69) is 20.2 Å². The number of nitrogens with one attached hydrogen (secondary N) is 2. The molecule has 0 fully saturated rings. The Kier molecular flexibility index (Phi) is 5.95. The van der Waals surface area contributed by atoms with E-state index < -0.39 is 22.5 Å². The number of aryl methyl sites for hydroxylation is 2. The molecule has 1 aromatic heterocycles. The highest BCUT2D eigenvalue weighted by molar-refractivity contribution is 7.89. The Morgan fingerprint density at radius 1 is 1.14 bits per heavy atom. The first-order chi connectivity index (χ1) is 13.8. The minimum atomic E-state index is -3.93. The molecule has 1 heterocycles. The summed E-state index contributed by atoms with van der Waals surface area (Å²) in [5, 5.41) is 6.42. The summed E-state index contributed by atoms with van der Waals surface area (Å²) in [6, 6.07) is 11.5. The van der Waals surface area contributed by atoms with Crippen LogP contribution in [-0.4, -0.2) is 38.1 Å². The molecule has 0 spiro atoms. The largest absolute Gasteiger partial charge is 0.497 e. The fraction of sp³-hybridized carbons (Fsp3) is 0.211. The van der Waals surface area contributed by atoms with E-state index >= 15 is 0 Å². The first-order valence-electron chi connectivity index (χ1n) is 8.63. The lowest BCUT2D eigenvalue weighted by molar-refractivity contribution is -0.115. The number of carbonyl (C=O) groups excluding carboxylic acids is 1. The lowest BCUT2D eigenvalue weighted by Crippen LogP contribution is -2.33. The van der Waals surface area contributed by atoms with Gasteiger partial charge < -0.3 is 14.6 Å². The first-order valence-corrected chi connectivity index (χ1v) is 10.1. The fourth-order valence-corrected chi connectivity index (χ4v) is 3.81. The highest BCUT2D eigenvalue weighted by Gasteiger charge is 2.20. The maximum atomic E-state index is 12.7. The summed E-state index contributed by atoms with van der Waals surface area (Å²) >= 11 is 0. The van der Waals surface area contributed by atoms with Crippen molar-refractivity contribution >= 4 is 21.6 Å². The van der Waals surface area contributed by atoms with Gasteiger partial charge in [0.15, 0.2) is 0 Å². The molecule has 0 saturated carbocycles. The zero-order chi connectivity index (χ0) is 21.0. The van der Waals surface area contributed by atoms with Gasteiger partial charge in [0.1, 0.15) is 5.75 Å². The average molecular weight is 416 g/mol. The maximum absolute atomic E-state index is 12.7. The van der Waals surface area contributed by atoms with E-state index in [0.29, 0.717) is 28.5 Å². The molecule has 0 aliphatic rings. The Morgan fingerprint density at radius 2 is 1.86 bits per heavy atom. The van der Waals surface area contributed by atoms with Crippen LogP contribution in [0.1, 0.15) is 11.5 Å². The smallest absolute Gasteiger partial charge is 0.241 e. The first kappa shape index (κ1) is 20.5. The van der Waals surface area contributed by atoms with Crippen LogP contribution in [0, 0.1) is 13.8 Å². The molecule has 152 valence electrons. The molecule has 9 nitrogen and oxygen atoms in total. The number of nitrogens with zero attached hydrogens (tertiary/aromatic N) is 2. The number of carbonyl (C=O) groups is 1. The Hall–Kier alpha value is -3.24. The number of amides is 1. The number of rotatable bonds is 7. The molecule has 0 atom stereocenters. The van der Waals surface area contributed by atoms with Crippen molar-refractivity contribution in [2.24, 2.45) is 0 Å². The van der Waals surface area contributed by atoms with Gasteiger partial charge in [0.05, 0.1) is 18.6 Å². The van der Waals surface area contributed by atoms with Crippen LogP contribution in [0.25, 0.3) is 11.4 Å². The summed E-state index contributed by atoms with van der Waals surface area (Å²) in [5.74, 6) is 0.812. The minimum absolute atomic E-state index is 0.0368. The van der Waals surface area contributed by atoms with E-state index in [9.17, 15) is 13.2 Å². The Labute approximate surface area is 168 Å². The summed E-state index contributed by atoms with van der Waals surface area (Å²) in [6.45, 7) is 2.89. The second-order valence-electron chi connectivity index (χ2n) is 6.22. The molecular formula is C19H20N4O5S. The van der Waals surface area contributed by atoms with Gasteiger partial charge >= 0.3 is 0 Å². The molecule has 10 heteroatoms. The number of anilines is 1. The summed E-state index contributed by atoms with van der Waals surface area (Å²) < 4.78 is 37.7. The fourth-order valence-electron chi connectivity index (χ4n) is 2.56. The topological polar surface area (TPSA) is 123 Å². The van der Waals surface area contributed by atoms with Gasteiger partial charge in [-0.3, -0.25) is 4.79 Å². The molecule has 0 saturated heterocycles. The number of hydrogen-bond acceptors (Lipinski definition) is 7. The van der Waals surface area contributed by atoms with E-state index in [4.69, 9.17) is 9.26 Å². The van der Waals surface area contributed by atoms with Gasteiger partial charge in [-0.05, 0) is 42.8 Å². The van der Waals surface area contributed by atoms with E-state index in [0.717, 1.165) is 0 Å². The van der Waals surface area contributed by atoms with Gasteiger partial charge in [-0.1, -0.05) is 17.3 Å². The van der Waals surface area contributed by atoms with Gasteiger partial charge in [0.2, 0.25) is 27.6 Å². The average Bonchev–Trinajstić information content (AvgIpc) is 3.13. The second kappa shape index (κ2) is 8.41. The predicted octanol–water partition coefficient (Wildman–Crippen LogP) is 2.28. The molecule has 2 aromatic carbocycles. The summed E-state index contributed by atoms with van der Waals surface area (Å²) in [4.78, 5) is 16.3. The number of hydrogen-bond donors (Lipinski definition) is 2. The molecule has 2 N–H and O–H groups in total. The van der Waals surface area contributed by atoms with E-state index in [1.165, 1.54) is 6.07 Å². The van der Waals surface area contributed by atoms with Gasteiger partial charge in [0, 0.05) is 18.2 Å². The van der Waals surface area contributed by atoms with Crippen molar-refractivity contribution in [2.45, 2.75) is 18.7 Å². The lowest BCUT2D eigenvalue weighted by atomic mass is 10.1. The normalized spacial score (nSPS) is 11.3. The van der Waals surface area contributed by atoms with Crippen LogP contribution >= 0.6 is 0 Å². The second-order valence-corrected chi connectivity index (χ2v) is 7.95. The van der Waals surface area contributed by atoms with Crippen molar-refractivity contribution in [1.29, 1.82) is 0 Å². The standard InChI is InChI=1S/C19H20N4O5S/c1-12-4-5-14(19-21-13(2)28-23-19)10-17(12)29(25,26)20-11-18(24)22-15-6-8-16(27-3)9-7-15/h4-10,20H,11H2,1-3H3,(H,22,24). The van der Waals surface area contributed by atoms with Crippen molar-refractivity contribution in [3.63, 3.8) is 0 Å². The number of ether oxygens (including phenoxy) is 1. The molecule has 0 unspecified atom stereocenters. The third-order valence-electron chi connectivity index (χ3n) is 4.06. The Bertz CT molecular complexity index is 1120. The molecule has 0 radical (unpaired) electrons. The molecule has 29 heavy (non-hydrogen) atoms. The predicted molar refractivity (Wildman–Crippen MR) is 106 cm³/mol. The monoisotopic (exact) mass is 416 g/mol. The van der Waals surface area contributed by atoms with Gasteiger partial charge in [-0.15, -0.1) is 0 Å². The zero-order valence-electron chi connectivity index (χ0n) is 16.1. The SMILES string of the molecule is COc1ccc(NC(=O)CNS(=O)(=O)c2cc(-c3noc(C)n3)ccc2C)cc1.